The van der Waals surface area contributed by atoms with Crippen molar-refractivity contribution in [1.82, 2.24) is 0 Å². The van der Waals surface area contributed by atoms with E-state index in [1.54, 1.807) is 3.33 Å². The normalized spacial score (nSPS) is 15.7. The van der Waals surface area contributed by atoms with E-state index in [9.17, 15) is 0 Å². The van der Waals surface area contributed by atoms with E-state index in [1.165, 1.54) is 22.3 Å². The van der Waals surface area contributed by atoms with Crippen LogP contribution in [0.5, 0.6) is 0 Å². The zero-order chi connectivity index (χ0) is 16.1. The van der Waals surface area contributed by atoms with Crippen molar-refractivity contribution in [2.75, 3.05) is 0 Å². The Morgan fingerprint density at radius 2 is 1.52 bits per heavy atom. The standard InChI is InChI=1S/C13H9.C5H5.C2H5.3ClH.Hf.H2Si/c1-3-7-12-10(5-1)9-11-6-2-4-8-13(11)12;1-2-4-5-3-1;1-2;;;;;/h1-9H;1-3H,4H2;1H2,2H3;3*1H;;1H2/q;;;;;;+1;/p-1. The molecule has 0 spiro atoms. The largest absolute Gasteiger partial charge is 0.147 e. The van der Waals surface area contributed by atoms with Gasteiger partial charge in [0.25, 0.3) is 0 Å². The fourth-order valence-electron chi connectivity index (χ4n) is 4.37. The van der Waals surface area contributed by atoms with Crippen LogP contribution in [0, 0.1) is 0 Å². The number of allylic oxidation sites excluding steroid dienone is 4. The Bertz CT molecular complexity index is 887. The van der Waals surface area contributed by atoms with Crippen molar-refractivity contribution in [3.05, 3.63) is 81.2 Å². The summed E-state index contributed by atoms with van der Waals surface area (Å²) in [5, 5.41) is 0. The van der Waals surface area contributed by atoms with Gasteiger partial charge >= 0.3 is 145 Å². The molecule has 0 N–H and O–H groups in total. The van der Waals surface area contributed by atoms with Gasteiger partial charge in [0, 0.05) is 0 Å². The smallest absolute Gasteiger partial charge is 0.147 e. The van der Waals surface area contributed by atoms with Crippen LogP contribution in [0.25, 0.3) is 11.1 Å². The molecule has 0 radical (unpaired) electrons. The Labute approximate surface area is 168 Å². The van der Waals surface area contributed by atoms with Gasteiger partial charge in [-0.15, -0.1) is 24.8 Å². The molecule has 0 saturated heterocycles. The topological polar surface area (TPSA) is 0 Å². The van der Waals surface area contributed by atoms with Crippen molar-refractivity contribution in [2.24, 2.45) is 0 Å². The van der Waals surface area contributed by atoms with Gasteiger partial charge in [0.1, 0.15) is 0 Å². The van der Waals surface area contributed by atoms with Gasteiger partial charge in [-0.25, -0.2) is 0 Å². The average molecular weight is 576 g/mol. The van der Waals surface area contributed by atoms with Gasteiger partial charge in [0.2, 0.25) is 0 Å². The van der Waals surface area contributed by atoms with E-state index in [4.69, 9.17) is 8.58 Å². The van der Waals surface area contributed by atoms with Gasteiger partial charge in [-0.05, 0) is 0 Å². The summed E-state index contributed by atoms with van der Waals surface area (Å²) >= 11 is -3.76. The predicted molar refractivity (Wildman–Crippen MR) is 115 cm³/mol. The Morgan fingerprint density at radius 1 is 1.00 bits per heavy atom. The molecule has 0 aromatic heterocycles. The Hall–Kier alpha value is -0.123. The molecule has 132 valence electrons. The monoisotopic (exact) mass is 576 g/mol. The molecule has 0 saturated carbocycles. The average Bonchev–Trinajstić information content (AvgIpc) is 3.22. The molecule has 0 nitrogen and oxygen atoms in total. The van der Waals surface area contributed by atoms with E-state index in [0.29, 0.717) is 3.67 Å². The first-order valence-electron chi connectivity index (χ1n) is 8.34. The molecule has 25 heavy (non-hydrogen) atoms. The molecular formula is C20H23Cl3HfSi. The van der Waals surface area contributed by atoms with Crippen LogP contribution in [0.3, 0.4) is 0 Å². The summed E-state index contributed by atoms with van der Waals surface area (Å²) in [5.41, 5.74) is 5.71. The first kappa shape index (κ1) is 21.2. The number of hydrogen-bond donors (Lipinski definition) is 0. The van der Waals surface area contributed by atoms with Gasteiger partial charge in [-0.3, -0.25) is 0 Å². The quantitative estimate of drug-likeness (QED) is 0.378. The Kier molecular flexibility index (Phi) is 6.34. The van der Waals surface area contributed by atoms with Crippen LogP contribution in [-0.4, -0.2) is 6.94 Å². The summed E-state index contributed by atoms with van der Waals surface area (Å²) in [7, 11) is 7.77. The molecule has 2 aromatic rings. The van der Waals surface area contributed by atoms with E-state index in [-0.39, 0.29) is 24.8 Å². The molecule has 0 aliphatic heterocycles. The second-order valence-corrected chi connectivity index (χ2v) is 50.1. The molecule has 0 atom stereocenters. The fourth-order valence-corrected chi connectivity index (χ4v) is 28.5. The molecule has 0 bridgehead atoms. The van der Waals surface area contributed by atoms with Crippen LogP contribution in [0.1, 0.15) is 28.1 Å². The summed E-state index contributed by atoms with van der Waals surface area (Å²) < 4.78 is 3.09. The molecule has 2 aliphatic carbocycles. The predicted octanol–water partition coefficient (Wildman–Crippen LogP) is 6.27. The summed E-state index contributed by atoms with van der Waals surface area (Å²) in [6, 6.07) is 17.8. The third-order valence-corrected chi connectivity index (χ3v) is 42.2. The van der Waals surface area contributed by atoms with Gasteiger partial charge < -0.3 is 0 Å². The summed E-state index contributed by atoms with van der Waals surface area (Å²) in [6.07, 6.45) is 7.84. The number of rotatable bonds is 3. The molecule has 5 heteroatoms. The summed E-state index contributed by atoms with van der Waals surface area (Å²) in [4.78, 5) is 0. The molecule has 0 heterocycles. The minimum Gasteiger partial charge on any atom is -0.147 e. The van der Waals surface area contributed by atoms with E-state index in [2.05, 4.69) is 80.6 Å². The molecule has 4 rings (SSSR count). The van der Waals surface area contributed by atoms with Crippen LogP contribution in [0.15, 0.2) is 70.1 Å². The minimum atomic E-state index is -3.76. The molecular weight excluding hydrogens is 553 g/mol. The summed E-state index contributed by atoms with van der Waals surface area (Å²) in [6.45, 7) is 4.51. The Morgan fingerprint density at radius 3 is 1.96 bits per heavy atom. The van der Waals surface area contributed by atoms with Crippen molar-refractivity contribution in [2.45, 2.75) is 21.2 Å². The zero-order valence-corrected chi connectivity index (χ0v) is 21.6. The van der Waals surface area contributed by atoms with Crippen molar-refractivity contribution >= 4 is 40.3 Å². The molecule has 2 aromatic carbocycles. The zero-order valence-electron chi connectivity index (χ0n) is 14.2. The van der Waals surface area contributed by atoms with Crippen LogP contribution < -0.4 is 0 Å². The van der Waals surface area contributed by atoms with Crippen LogP contribution in [0.2, 0.25) is 4.18 Å². The van der Waals surface area contributed by atoms with Crippen molar-refractivity contribution in [3.8, 4) is 11.1 Å². The van der Waals surface area contributed by atoms with E-state index < -0.39 is 15.9 Å². The van der Waals surface area contributed by atoms with E-state index in [0.717, 1.165) is 10.6 Å². The van der Waals surface area contributed by atoms with E-state index in [1.807, 2.05) is 0 Å². The minimum absolute atomic E-state index is 0. The third kappa shape index (κ3) is 3.08. The fraction of sp³-hybridized carbons (Fsp3) is 0.200. The van der Waals surface area contributed by atoms with E-state index >= 15 is 0 Å². The van der Waals surface area contributed by atoms with Gasteiger partial charge in [0.15, 0.2) is 0 Å². The number of fused-ring (bicyclic) bond motifs is 3. The molecule has 0 fully saturated rings. The second-order valence-electron chi connectivity index (χ2n) is 6.91. The maximum Gasteiger partial charge on any atom is -0.147 e. The third-order valence-electron chi connectivity index (χ3n) is 5.79. The van der Waals surface area contributed by atoms with Crippen LogP contribution in [0.4, 0.5) is 0 Å². The first-order chi connectivity index (χ1) is 11.1. The maximum atomic E-state index is 7.77. The second kappa shape index (κ2) is 7.48. The number of hydrogen-bond acceptors (Lipinski definition) is 0. The molecule has 0 amide bonds. The number of benzene rings is 2. The van der Waals surface area contributed by atoms with Crippen molar-refractivity contribution in [1.29, 1.82) is 0 Å². The van der Waals surface area contributed by atoms with Gasteiger partial charge in [-0.2, -0.15) is 0 Å². The molecule has 2 aliphatic rings. The van der Waals surface area contributed by atoms with Crippen LogP contribution >= 0.6 is 33.4 Å². The SMILES string of the molecule is C[CH2][Hf](=[SiH2])([Cl])([C]1=CC=CC1)[CH]1c2ccccc2-c2ccccc21.Cl.Cl. The Balaban J connectivity index is 0.00000113. The number of halogens is 3. The summed E-state index contributed by atoms with van der Waals surface area (Å²) in [5.74, 6) is 0. The van der Waals surface area contributed by atoms with Crippen molar-refractivity contribution in [3.63, 3.8) is 0 Å². The van der Waals surface area contributed by atoms with Gasteiger partial charge in [0.05, 0.1) is 0 Å². The first-order valence-corrected chi connectivity index (χ1v) is 27.5. The van der Waals surface area contributed by atoms with Gasteiger partial charge in [-0.1, -0.05) is 0 Å². The van der Waals surface area contributed by atoms with Crippen molar-refractivity contribution < 1.29 is 15.9 Å². The van der Waals surface area contributed by atoms with Crippen LogP contribution in [-0.2, 0) is 15.9 Å². The molecule has 0 unspecified atom stereocenters. The maximum absolute atomic E-state index is 7.77.